The Morgan fingerprint density at radius 2 is 1.65 bits per heavy atom. The first-order valence-electron chi connectivity index (χ1n) is 9.66. The first-order valence-corrected chi connectivity index (χ1v) is 9.66. The highest BCUT2D eigenvalue weighted by Gasteiger charge is 2.37. The van der Waals surface area contributed by atoms with Gasteiger partial charge < -0.3 is 5.11 Å². The first kappa shape index (κ1) is 18.5. The van der Waals surface area contributed by atoms with Crippen LogP contribution in [-0.4, -0.2) is 35.2 Å². The maximum absolute atomic E-state index is 10.4. The van der Waals surface area contributed by atoms with Gasteiger partial charge in [0.05, 0.1) is 6.10 Å². The molecular formula is C21H35NO. The molecule has 2 nitrogen and oxygen atoms in total. The predicted molar refractivity (Wildman–Crippen MR) is 98.7 cm³/mol. The summed E-state index contributed by atoms with van der Waals surface area (Å²) in [5.41, 5.74) is 1.33. The topological polar surface area (TPSA) is 23.5 Å². The molecule has 1 fully saturated rings. The highest BCUT2D eigenvalue weighted by Crippen LogP contribution is 2.29. The summed E-state index contributed by atoms with van der Waals surface area (Å²) in [7, 11) is 2.20. The van der Waals surface area contributed by atoms with Gasteiger partial charge in [-0.2, -0.15) is 0 Å². The number of unbranched alkanes of at least 4 members (excludes halogenated alkanes) is 6. The second kappa shape index (κ2) is 10.1. The molecule has 0 bridgehead atoms. The molecule has 3 atom stereocenters. The van der Waals surface area contributed by atoms with Crippen molar-refractivity contribution in [1.82, 2.24) is 4.90 Å². The van der Waals surface area contributed by atoms with Crippen molar-refractivity contribution in [3.8, 4) is 0 Å². The Bertz CT molecular complexity index is 419. The molecule has 1 aliphatic heterocycles. The lowest BCUT2D eigenvalue weighted by molar-refractivity contribution is 0.123. The lowest BCUT2D eigenvalue weighted by atomic mass is 10.0. The third-order valence-corrected chi connectivity index (χ3v) is 5.49. The van der Waals surface area contributed by atoms with Crippen LogP contribution in [0.15, 0.2) is 30.3 Å². The van der Waals surface area contributed by atoms with Gasteiger partial charge in [-0.05, 0) is 31.9 Å². The normalized spacial score (nSPS) is 25.1. The maximum atomic E-state index is 10.4. The number of likely N-dealkylation sites (N-methyl/N-ethyl adjacent to an activating group) is 1. The van der Waals surface area contributed by atoms with Gasteiger partial charge in [0.2, 0.25) is 0 Å². The molecule has 1 aromatic rings. The van der Waals surface area contributed by atoms with Crippen LogP contribution in [0.2, 0.25) is 0 Å². The quantitative estimate of drug-likeness (QED) is 0.626. The van der Waals surface area contributed by atoms with Gasteiger partial charge in [0.1, 0.15) is 0 Å². The Morgan fingerprint density at radius 1 is 1.00 bits per heavy atom. The van der Waals surface area contributed by atoms with Gasteiger partial charge in [0.15, 0.2) is 0 Å². The summed E-state index contributed by atoms with van der Waals surface area (Å²) < 4.78 is 0. The fourth-order valence-electron chi connectivity index (χ4n) is 3.94. The van der Waals surface area contributed by atoms with Gasteiger partial charge in [-0.1, -0.05) is 82.2 Å². The monoisotopic (exact) mass is 317 g/mol. The van der Waals surface area contributed by atoms with Gasteiger partial charge in [-0.15, -0.1) is 0 Å². The van der Waals surface area contributed by atoms with Crippen molar-refractivity contribution >= 4 is 0 Å². The minimum atomic E-state index is -0.172. The fraction of sp³-hybridized carbons (Fsp3) is 0.714. The smallest absolute Gasteiger partial charge is 0.0713 e. The molecule has 23 heavy (non-hydrogen) atoms. The summed E-state index contributed by atoms with van der Waals surface area (Å²) in [6, 6.07) is 11.4. The molecule has 0 unspecified atom stereocenters. The maximum Gasteiger partial charge on any atom is 0.0713 e. The lowest BCUT2D eigenvalue weighted by Gasteiger charge is -2.26. The zero-order valence-corrected chi connectivity index (χ0v) is 15.1. The van der Waals surface area contributed by atoms with E-state index in [4.69, 9.17) is 0 Å². The van der Waals surface area contributed by atoms with Crippen molar-refractivity contribution in [3.05, 3.63) is 35.9 Å². The van der Waals surface area contributed by atoms with E-state index in [1.54, 1.807) is 0 Å². The Balaban J connectivity index is 1.69. The average Bonchev–Trinajstić information content (AvgIpc) is 2.83. The molecule has 0 aliphatic carbocycles. The van der Waals surface area contributed by atoms with Crippen LogP contribution in [0.1, 0.15) is 70.3 Å². The second-order valence-electron chi connectivity index (χ2n) is 7.29. The minimum absolute atomic E-state index is 0.172. The molecule has 2 heteroatoms. The third-order valence-electron chi connectivity index (χ3n) is 5.49. The van der Waals surface area contributed by atoms with Crippen LogP contribution in [0.25, 0.3) is 0 Å². The highest BCUT2D eigenvalue weighted by atomic mass is 16.3. The van der Waals surface area contributed by atoms with E-state index < -0.39 is 0 Å². The third kappa shape index (κ3) is 5.93. The van der Waals surface area contributed by atoms with Crippen molar-refractivity contribution in [1.29, 1.82) is 0 Å². The van der Waals surface area contributed by atoms with E-state index in [2.05, 4.69) is 49.2 Å². The lowest BCUT2D eigenvalue weighted by Crippen LogP contribution is -2.37. The van der Waals surface area contributed by atoms with E-state index in [9.17, 15) is 5.11 Å². The first-order chi connectivity index (χ1) is 11.2. The second-order valence-corrected chi connectivity index (χ2v) is 7.29. The van der Waals surface area contributed by atoms with Crippen LogP contribution in [0.3, 0.4) is 0 Å². The van der Waals surface area contributed by atoms with E-state index in [0.717, 1.165) is 12.8 Å². The zero-order chi connectivity index (χ0) is 16.5. The van der Waals surface area contributed by atoms with Crippen LogP contribution in [0, 0.1) is 0 Å². The summed E-state index contributed by atoms with van der Waals surface area (Å²) in [5, 5.41) is 10.4. The van der Waals surface area contributed by atoms with E-state index in [0.29, 0.717) is 6.04 Å². The number of aliphatic hydroxyl groups excluding tert-OH is 1. The van der Waals surface area contributed by atoms with Crippen molar-refractivity contribution in [2.75, 3.05) is 7.05 Å². The summed E-state index contributed by atoms with van der Waals surface area (Å²) in [6.07, 6.45) is 12.5. The van der Waals surface area contributed by atoms with Gasteiger partial charge in [-0.25, -0.2) is 0 Å². The van der Waals surface area contributed by atoms with Crippen LogP contribution in [0.4, 0.5) is 0 Å². The zero-order valence-electron chi connectivity index (χ0n) is 15.1. The number of rotatable bonds is 10. The molecule has 0 aromatic heterocycles. The van der Waals surface area contributed by atoms with Crippen LogP contribution < -0.4 is 0 Å². The van der Waals surface area contributed by atoms with Gasteiger partial charge in [0.25, 0.3) is 0 Å². The van der Waals surface area contributed by atoms with Crippen LogP contribution >= 0.6 is 0 Å². The minimum Gasteiger partial charge on any atom is -0.391 e. The van der Waals surface area contributed by atoms with Crippen molar-refractivity contribution in [2.45, 2.75) is 89.3 Å². The predicted octanol–water partition coefficient (Wildman–Crippen LogP) is 4.80. The van der Waals surface area contributed by atoms with Gasteiger partial charge in [0, 0.05) is 12.1 Å². The largest absolute Gasteiger partial charge is 0.391 e. The number of hydrogen-bond donors (Lipinski definition) is 1. The van der Waals surface area contributed by atoms with Gasteiger partial charge >= 0.3 is 0 Å². The molecule has 0 saturated carbocycles. The van der Waals surface area contributed by atoms with Crippen LogP contribution in [0.5, 0.6) is 0 Å². The average molecular weight is 318 g/mol. The Hall–Kier alpha value is -0.860. The molecule has 2 rings (SSSR count). The van der Waals surface area contributed by atoms with E-state index in [-0.39, 0.29) is 12.1 Å². The Kier molecular flexibility index (Phi) is 8.11. The fourth-order valence-corrected chi connectivity index (χ4v) is 3.94. The molecule has 1 saturated heterocycles. The molecule has 1 aromatic carbocycles. The molecule has 1 N–H and O–H groups in total. The molecule has 0 amide bonds. The van der Waals surface area contributed by atoms with E-state index >= 15 is 0 Å². The Labute approximate surface area is 142 Å². The molecule has 0 spiro atoms. The molecule has 1 heterocycles. The summed E-state index contributed by atoms with van der Waals surface area (Å²) in [4.78, 5) is 2.44. The molecule has 0 radical (unpaired) electrons. The molecule has 1 aliphatic rings. The highest BCUT2D eigenvalue weighted by molar-refractivity contribution is 5.17. The molecular weight excluding hydrogens is 282 g/mol. The summed E-state index contributed by atoms with van der Waals surface area (Å²) in [6.45, 7) is 2.27. The number of hydrogen-bond acceptors (Lipinski definition) is 2. The van der Waals surface area contributed by atoms with E-state index in [1.165, 1.54) is 56.9 Å². The number of aliphatic hydroxyl groups is 1. The number of benzene rings is 1. The van der Waals surface area contributed by atoms with E-state index in [1.807, 2.05) is 0 Å². The standard InChI is InChI=1S/C21H35NO/c1-3-4-5-6-7-8-12-15-19-17-21(23)20(22(19)2)16-18-13-10-9-11-14-18/h9-11,13-14,19-21,23H,3-8,12,15-17H2,1-2H3/t19-,20+,21-/m1/s1. The van der Waals surface area contributed by atoms with Gasteiger partial charge in [-0.3, -0.25) is 4.90 Å². The summed E-state index contributed by atoms with van der Waals surface area (Å²) >= 11 is 0. The van der Waals surface area contributed by atoms with Crippen molar-refractivity contribution in [3.63, 3.8) is 0 Å². The van der Waals surface area contributed by atoms with Crippen molar-refractivity contribution in [2.24, 2.45) is 0 Å². The number of nitrogens with zero attached hydrogens (tertiary/aromatic N) is 1. The summed E-state index contributed by atoms with van der Waals surface area (Å²) in [5.74, 6) is 0. The Morgan fingerprint density at radius 3 is 2.35 bits per heavy atom. The molecule has 130 valence electrons. The SMILES string of the molecule is CCCCCCCCC[C@@H]1C[C@@H](O)[C@H](Cc2ccccc2)N1C. The number of likely N-dealkylation sites (tertiary alicyclic amines) is 1. The van der Waals surface area contributed by atoms with Crippen LogP contribution in [-0.2, 0) is 6.42 Å². The van der Waals surface area contributed by atoms with Crippen molar-refractivity contribution < 1.29 is 5.11 Å².